The maximum absolute atomic E-state index is 12.0. The summed E-state index contributed by atoms with van der Waals surface area (Å²) in [5.41, 5.74) is 1.52. The van der Waals surface area contributed by atoms with Crippen molar-refractivity contribution in [1.29, 1.82) is 0 Å². The minimum atomic E-state index is -2.83. The number of halogens is 2. The second-order valence-corrected chi connectivity index (χ2v) is 4.33. The van der Waals surface area contributed by atoms with Gasteiger partial charge >= 0.3 is 6.61 Å². The largest absolute Gasteiger partial charge is 0.508 e. The van der Waals surface area contributed by atoms with Gasteiger partial charge in [-0.1, -0.05) is 18.2 Å². The van der Waals surface area contributed by atoms with Crippen LogP contribution in [0, 0.1) is 0 Å². The van der Waals surface area contributed by atoms with Gasteiger partial charge in [-0.2, -0.15) is 8.78 Å². The number of hydrogen-bond donors (Lipinski definition) is 2. The van der Waals surface area contributed by atoms with Crippen LogP contribution in [0.1, 0.15) is 18.5 Å². The Kier molecular flexibility index (Phi) is 4.40. The summed E-state index contributed by atoms with van der Waals surface area (Å²) in [6.45, 7) is -0.924. The van der Waals surface area contributed by atoms with E-state index in [-0.39, 0.29) is 17.5 Å². The van der Waals surface area contributed by atoms with Crippen molar-refractivity contribution in [2.45, 2.75) is 19.6 Å². The fourth-order valence-corrected chi connectivity index (χ4v) is 1.91. The van der Waals surface area contributed by atoms with Gasteiger partial charge < -0.3 is 15.2 Å². The zero-order valence-electron chi connectivity index (χ0n) is 10.9. The van der Waals surface area contributed by atoms with Gasteiger partial charge in [0.25, 0.3) is 0 Å². The van der Waals surface area contributed by atoms with Gasteiger partial charge in [-0.3, -0.25) is 0 Å². The molecule has 0 heterocycles. The van der Waals surface area contributed by atoms with Crippen LogP contribution in [0.2, 0.25) is 0 Å². The third kappa shape index (κ3) is 3.60. The van der Waals surface area contributed by atoms with E-state index in [1.165, 1.54) is 12.1 Å². The second kappa shape index (κ2) is 6.23. The van der Waals surface area contributed by atoms with Gasteiger partial charge in [0.05, 0.1) is 6.04 Å². The van der Waals surface area contributed by atoms with E-state index < -0.39 is 6.61 Å². The van der Waals surface area contributed by atoms with Crippen LogP contribution in [0.5, 0.6) is 11.5 Å². The molecule has 3 nitrogen and oxygen atoms in total. The van der Waals surface area contributed by atoms with E-state index in [9.17, 15) is 13.9 Å². The van der Waals surface area contributed by atoms with Crippen molar-refractivity contribution in [2.75, 3.05) is 5.32 Å². The second-order valence-electron chi connectivity index (χ2n) is 4.33. The molecule has 0 aliphatic carbocycles. The number of anilines is 1. The van der Waals surface area contributed by atoms with Gasteiger partial charge in [-0.15, -0.1) is 0 Å². The lowest BCUT2D eigenvalue weighted by atomic mass is 10.1. The molecule has 20 heavy (non-hydrogen) atoms. The van der Waals surface area contributed by atoms with Gasteiger partial charge in [-0.05, 0) is 37.3 Å². The maximum Gasteiger partial charge on any atom is 0.387 e. The third-order valence-corrected chi connectivity index (χ3v) is 2.87. The van der Waals surface area contributed by atoms with Crippen LogP contribution in [0.4, 0.5) is 14.5 Å². The SMILES string of the molecule is CC(Nc1ccc(OC(F)F)cc1)c1ccccc1O. The molecule has 0 bridgehead atoms. The first-order chi connectivity index (χ1) is 9.56. The number of para-hydroxylation sites is 1. The molecule has 0 saturated heterocycles. The Morgan fingerprint density at radius 1 is 1.05 bits per heavy atom. The smallest absolute Gasteiger partial charge is 0.387 e. The molecule has 0 aliphatic heterocycles. The highest BCUT2D eigenvalue weighted by Gasteiger charge is 2.10. The molecule has 1 atom stereocenters. The van der Waals surface area contributed by atoms with E-state index >= 15 is 0 Å². The zero-order valence-corrected chi connectivity index (χ0v) is 10.9. The molecule has 0 spiro atoms. The summed E-state index contributed by atoms with van der Waals surface area (Å²) in [6.07, 6.45) is 0. The van der Waals surface area contributed by atoms with E-state index in [4.69, 9.17) is 0 Å². The van der Waals surface area contributed by atoms with Crippen molar-refractivity contribution >= 4 is 5.69 Å². The lowest BCUT2D eigenvalue weighted by Gasteiger charge is -2.17. The molecule has 2 aromatic rings. The number of aromatic hydroxyl groups is 1. The number of nitrogens with one attached hydrogen (secondary N) is 1. The summed E-state index contributed by atoms with van der Waals surface area (Å²) in [6, 6.07) is 13.1. The van der Waals surface area contributed by atoms with Crippen LogP contribution in [-0.2, 0) is 0 Å². The molecular formula is C15H15F2NO2. The van der Waals surface area contributed by atoms with Gasteiger partial charge in [0.2, 0.25) is 0 Å². The molecule has 5 heteroatoms. The first-order valence-corrected chi connectivity index (χ1v) is 6.15. The Balaban J connectivity index is 2.05. The van der Waals surface area contributed by atoms with Gasteiger partial charge in [0.15, 0.2) is 0 Å². The van der Waals surface area contributed by atoms with Crippen LogP contribution in [0.15, 0.2) is 48.5 Å². The van der Waals surface area contributed by atoms with Gasteiger partial charge in [0, 0.05) is 11.3 Å². The topological polar surface area (TPSA) is 41.5 Å². The van der Waals surface area contributed by atoms with Crippen LogP contribution in [-0.4, -0.2) is 11.7 Å². The van der Waals surface area contributed by atoms with Crippen molar-refractivity contribution < 1.29 is 18.6 Å². The summed E-state index contributed by atoms with van der Waals surface area (Å²) in [5.74, 6) is 0.325. The number of phenolic OH excluding ortho intramolecular Hbond substituents is 1. The number of benzene rings is 2. The highest BCUT2D eigenvalue weighted by Crippen LogP contribution is 2.27. The Morgan fingerprint density at radius 3 is 2.30 bits per heavy atom. The minimum absolute atomic E-state index is 0.112. The number of ether oxygens (including phenoxy) is 1. The molecule has 0 fully saturated rings. The van der Waals surface area contributed by atoms with E-state index in [0.717, 1.165) is 11.3 Å². The van der Waals surface area contributed by atoms with Crippen LogP contribution < -0.4 is 10.1 Å². The normalized spacial score (nSPS) is 12.2. The molecule has 0 radical (unpaired) electrons. The van der Waals surface area contributed by atoms with Crippen LogP contribution in [0.3, 0.4) is 0 Å². The van der Waals surface area contributed by atoms with Crippen molar-refractivity contribution in [2.24, 2.45) is 0 Å². The molecule has 0 aromatic heterocycles. The number of hydrogen-bond acceptors (Lipinski definition) is 3. The predicted molar refractivity (Wildman–Crippen MR) is 73.2 cm³/mol. The van der Waals surface area contributed by atoms with Crippen molar-refractivity contribution in [1.82, 2.24) is 0 Å². The third-order valence-electron chi connectivity index (χ3n) is 2.87. The Morgan fingerprint density at radius 2 is 1.70 bits per heavy atom. The molecule has 0 saturated carbocycles. The van der Waals surface area contributed by atoms with Crippen molar-refractivity contribution in [3.63, 3.8) is 0 Å². The molecule has 106 valence electrons. The number of alkyl halides is 2. The summed E-state index contributed by atoms with van der Waals surface area (Å²) in [4.78, 5) is 0. The fourth-order valence-electron chi connectivity index (χ4n) is 1.91. The number of rotatable bonds is 5. The molecule has 2 rings (SSSR count). The lowest BCUT2D eigenvalue weighted by Crippen LogP contribution is -2.07. The van der Waals surface area contributed by atoms with Gasteiger partial charge in [-0.25, -0.2) is 0 Å². The quantitative estimate of drug-likeness (QED) is 0.863. The van der Waals surface area contributed by atoms with Crippen LogP contribution in [0.25, 0.3) is 0 Å². The predicted octanol–water partition coefficient (Wildman–Crippen LogP) is 4.17. The number of phenols is 1. The standard InChI is InChI=1S/C15H15F2NO2/c1-10(13-4-2-3-5-14(13)19)18-11-6-8-12(9-7-11)20-15(16)17/h2-10,15,18-19H,1H3. The minimum Gasteiger partial charge on any atom is -0.508 e. The van der Waals surface area contributed by atoms with Crippen molar-refractivity contribution in [3.8, 4) is 11.5 Å². The molecule has 1 unspecified atom stereocenters. The Bertz CT molecular complexity index is 558. The van der Waals surface area contributed by atoms with E-state index in [1.807, 2.05) is 19.1 Å². The Labute approximate surface area is 115 Å². The lowest BCUT2D eigenvalue weighted by molar-refractivity contribution is -0.0498. The summed E-state index contributed by atoms with van der Waals surface area (Å²) >= 11 is 0. The van der Waals surface area contributed by atoms with E-state index in [1.54, 1.807) is 24.3 Å². The first-order valence-electron chi connectivity index (χ1n) is 6.15. The van der Waals surface area contributed by atoms with E-state index in [2.05, 4.69) is 10.1 Å². The summed E-state index contributed by atoms with van der Waals surface area (Å²) in [7, 11) is 0. The van der Waals surface area contributed by atoms with E-state index in [0.29, 0.717) is 0 Å². The summed E-state index contributed by atoms with van der Waals surface area (Å²) < 4.78 is 28.3. The highest BCUT2D eigenvalue weighted by atomic mass is 19.3. The fraction of sp³-hybridized carbons (Fsp3) is 0.200. The monoisotopic (exact) mass is 279 g/mol. The summed E-state index contributed by atoms with van der Waals surface area (Å²) in [5, 5.41) is 12.9. The molecular weight excluding hydrogens is 264 g/mol. The average molecular weight is 279 g/mol. The van der Waals surface area contributed by atoms with Crippen LogP contribution >= 0.6 is 0 Å². The van der Waals surface area contributed by atoms with Crippen molar-refractivity contribution in [3.05, 3.63) is 54.1 Å². The molecule has 2 N–H and O–H groups in total. The first kappa shape index (κ1) is 14.1. The molecule has 0 amide bonds. The van der Waals surface area contributed by atoms with Gasteiger partial charge in [0.1, 0.15) is 11.5 Å². The average Bonchev–Trinajstić information content (AvgIpc) is 2.41. The zero-order chi connectivity index (χ0) is 14.5. The highest BCUT2D eigenvalue weighted by molar-refractivity contribution is 5.49. The maximum atomic E-state index is 12.0. The Hall–Kier alpha value is -2.30. The molecule has 0 aliphatic rings. The molecule has 2 aromatic carbocycles.